The number of nitrogens with one attached hydrogen (secondary N) is 2. The van der Waals surface area contributed by atoms with E-state index in [0.717, 1.165) is 0 Å². The summed E-state index contributed by atoms with van der Waals surface area (Å²) in [5.74, 6) is -5.83. The first kappa shape index (κ1) is 34.8. The number of rotatable bonds is 17. The van der Waals surface area contributed by atoms with Crippen molar-refractivity contribution in [3.63, 3.8) is 0 Å². The number of amides is 3. The third kappa shape index (κ3) is 10.5. The number of guanidine groups is 1. The molecule has 13 heteroatoms. The molecule has 3 aromatic carbocycles. The third-order valence-electron chi connectivity index (χ3n) is 7.15. The molecule has 0 saturated heterocycles. The number of nitrogens with zero attached hydrogens (tertiary/aromatic N) is 2. The Morgan fingerprint density at radius 3 is 1.70 bits per heavy atom. The van der Waals surface area contributed by atoms with E-state index in [4.69, 9.17) is 16.9 Å². The van der Waals surface area contributed by atoms with Gasteiger partial charge in [-0.15, -0.1) is 0 Å². The maximum atomic E-state index is 14.8. The number of carbonyl (C=O) groups is 5. The molecule has 13 nitrogen and oxygen atoms in total. The summed E-state index contributed by atoms with van der Waals surface area (Å²) in [6, 6.07) is 23.4. The Morgan fingerprint density at radius 2 is 1.24 bits per heavy atom. The van der Waals surface area contributed by atoms with E-state index in [1.807, 2.05) is 12.1 Å². The molecule has 3 aromatic rings. The lowest BCUT2D eigenvalue weighted by Crippen LogP contribution is -2.54. The molecule has 0 aliphatic carbocycles. The molecule has 3 rings (SSSR count). The third-order valence-corrected chi connectivity index (χ3v) is 7.15. The van der Waals surface area contributed by atoms with Gasteiger partial charge in [0.2, 0.25) is 17.7 Å². The van der Waals surface area contributed by atoms with Crippen LogP contribution in [0.5, 0.6) is 0 Å². The fraction of sp³-hybridized carbons (Fsp3) is 0.273. The minimum Gasteiger partial charge on any atom is -0.480 e. The second kappa shape index (κ2) is 16.9. The molecule has 0 unspecified atom stereocenters. The van der Waals surface area contributed by atoms with Crippen molar-refractivity contribution < 1.29 is 34.2 Å². The number of carbonyl (C=O) groups excluding carboxylic acids is 3. The zero-order chi connectivity index (χ0) is 33.6. The van der Waals surface area contributed by atoms with Gasteiger partial charge in [-0.2, -0.15) is 0 Å². The van der Waals surface area contributed by atoms with Gasteiger partial charge in [-0.1, -0.05) is 84.9 Å². The van der Waals surface area contributed by atoms with Crippen LogP contribution in [0.15, 0.2) is 84.9 Å². The van der Waals surface area contributed by atoms with Crippen molar-refractivity contribution in [3.05, 3.63) is 107 Å². The Hall–Kier alpha value is -5.72. The van der Waals surface area contributed by atoms with E-state index >= 15 is 0 Å². The van der Waals surface area contributed by atoms with Crippen molar-refractivity contribution >= 4 is 35.6 Å². The number of hydrogen-bond acceptors (Lipinski definition) is 6. The predicted octanol–water partition coefficient (Wildman–Crippen LogP) is 1.50. The zero-order valence-electron chi connectivity index (χ0n) is 25.2. The van der Waals surface area contributed by atoms with E-state index < -0.39 is 54.7 Å². The van der Waals surface area contributed by atoms with Gasteiger partial charge in [-0.3, -0.25) is 29.4 Å². The number of aliphatic carboxylic acids is 2. The predicted molar refractivity (Wildman–Crippen MR) is 169 cm³/mol. The largest absolute Gasteiger partial charge is 0.480 e. The number of nitrogens with two attached hydrogens (primary N) is 2. The van der Waals surface area contributed by atoms with Crippen LogP contribution in [0.3, 0.4) is 0 Å². The highest BCUT2D eigenvalue weighted by Gasteiger charge is 2.38. The second-order valence-electron chi connectivity index (χ2n) is 10.7. The molecule has 0 aliphatic rings. The molecule has 0 saturated carbocycles. The number of hydrogen-bond donors (Lipinski definition) is 6. The minimum atomic E-state index is -1.42. The van der Waals surface area contributed by atoms with Crippen molar-refractivity contribution in [2.75, 3.05) is 19.6 Å². The summed E-state index contributed by atoms with van der Waals surface area (Å²) in [6.07, 6.45) is 0.236. The molecule has 3 amide bonds. The molecule has 8 N–H and O–H groups in total. The van der Waals surface area contributed by atoms with Crippen molar-refractivity contribution in [3.8, 4) is 0 Å². The first-order chi connectivity index (χ1) is 22.0. The lowest BCUT2D eigenvalue weighted by Gasteiger charge is -2.36. The summed E-state index contributed by atoms with van der Waals surface area (Å²) >= 11 is 0. The fourth-order valence-corrected chi connectivity index (χ4v) is 5.12. The van der Waals surface area contributed by atoms with Crippen LogP contribution in [0.4, 0.5) is 0 Å². The summed E-state index contributed by atoms with van der Waals surface area (Å²) < 4.78 is 0. The van der Waals surface area contributed by atoms with Gasteiger partial charge in [0.1, 0.15) is 19.1 Å². The van der Waals surface area contributed by atoms with E-state index in [2.05, 4.69) is 5.32 Å². The summed E-state index contributed by atoms with van der Waals surface area (Å²) in [7, 11) is 0. The van der Waals surface area contributed by atoms with Gasteiger partial charge in [0.25, 0.3) is 0 Å². The monoisotopic (exact) mass is 630 g/mol. The Kier molecular flexibility index (Phi) is 12.8. The molecule has 0 radical (unpaired) electrons. The summed E-state index contributed by atoms with van der Waals surface area (Å²) in [6.45, 7) is -1.71. The van der Waals surface area contributed by atoms with Gasteiger partial charge in [0, 0.05) is 13.1 Å². The molecule has 0 heterocycles. The first-order valence-corrected chi connectivity index (χ1v) is 14.5. The molecule has 46 heavy (non-hydrogen) atoms. The number of carboxylic acids is 2. The SMILES string of the molecule is N=C(N)NCCC[C@H](C(=O)N(CC(=O)O)CC(=O)O)N(Cc1ccc(CC(N)=O)cc1)C(=O)C(c1ccccc1)c1ccccc1. The highest BCUT2D eigenvalue weighted by molar-refractivity contribution is 5.94. The van der Waals surface area contributed by atoms with Crippen molar-refractivity contribution in [2.45, 2.75) is 37.8 Å². The Bertz CT molecular complexity index is 1460. The second-order valence-corrected chi connectivity index (χ2v) is 10.7. The molecule has 0 aliphatic heterocycles. The Labute approximate surface area is 266 Å². The Balaban J connectivity index is 2.16. The summed E-state index contributed by atoms with van der Waals surface area (Å²) in [4.78, 5) is 65.8. The van der Waals surface area contributed by atoms with E-state index in [9.17, 15) is 34.2 Å². The van der Waals surface area contributed by atoms with Crippen LogP contribution in [0, 0.1) is 5.41 Å². The quantitative estimate of drug-likeness (QED) is 0.0722. The standard InChI is InChI=1S/C33H38N6O7/c34-27(40)18-22-13-15-23(16-14-22)19-39(32(46)30(24-8-3-1-4-9-24)25-10-5-2-6-11-25)26(12-7-17-37-33(35)36)31(45)38(20-28(41)42)21-29(43)44/h1-6,8-11,13-16,26,30H,7,12,17-21H2,(H2,34,40)(H,41,42)(H,43,44)(H4,35,36,37)/t26-/m1/s1. The van der Waals surface area contributed by atoms with Gasteiger partial charge in [0.15, 0.2) is 5.96 Å². The highest BCUT2D eigenvalue weighted by atomic mass is 16.4. The molecule has 1 atom stereocenters. The molecule has 242 valence electrons. The van der Waals surface area contributed by atoms with Gasteiger partial charge >= 0.3 is 11.9 Å². The van der Waals surface area contributed by atoms with Gasteiger partial charge in [-0.05, 0) is 35.1 Å². The number of benzene rings is 3. The first-order valence-electron chi connectivity index (χ1n) is 14.5. The Morgan fingerprint density at radius 1 is 0.739 bits per heavy atom. The van der Waals surface area contributed by atoms with Crippen LogP contribution in [0.1, 0.15) is 41.0 Å². The zero-order valence-corrected chi connectivity index (χ0v) is 25.2. The molecule has 0 spiro atoms. The summed E-state index contributed by atoms with van der Waals surface area (Å²) in [5, 5.41) is 29.1. The number of carboxylic acid groups (broad SMARTS) is 2. The van der Waals surface area contributed by atoms with Crippen molar-refractivity contribution in [1.82, 2.24) is 15.1 Å². The number of primary amides is 1. The van der Waals surface area contributed by atoms with E-state index in [0.29, 0.717) is 27.2 Å². The van der Waals surface area contributed by atoms with Crippen LogP contribution in [0.25, 0.3) is 0 Å². The van der Waals surface area contributed by atoms with Crippen molar-refractivity contribution in [1.29, 1.82) is 5.41 Å². The molecule has 0 bridgehead atoms. The van der Waals surface area contributed by atoms with Crippen LogP contribution in [-0.2, 0) is 36.9 Å². The molecular formula is C33H38N6O7. The average molecular weight is 631 g/mol. The highest BCUT2D eigenvalue weighted by Crippen LogP contribution is 2.30. The minimum absolute atomic E-state index is 0.00332. The maximum absolute atomic E-state index is 14.8. The van der Waals surface area contributed by atoms with Crippen LogP contribution < -0.4 is 16.8 Å². The van der Waals surface area contributed by atoms with Gasteiger partial charge in [-0.25, -0.2) is 0 Å². The van der Waals surface area contributed by atoms with E-state index in [-0.39, 0.29) is 38.3 Å². The fourth-order valence-electron chi connectivity index (χ4n) is 5.12. The van der Waals surface area contributed by atoms with Crippen LogP contribution in [0.2, 0.25) is 0 Å². The van der Waals surface area contributed by atoms with Crippen LogP contribution >= 0.6 is 0 Å². The topological polar surface area (TPSA) is 220 Å². The summed E-state index contributed by atoms with van der Waals surface area (Å²) in [5.41, 5.74) is 13.3. The smallest absolute Gasteiger partial charge is 0.323 e. The van der Waals surface area contributed by atoms with Crippen molar-refractivity contribution in [2.24, 2.45) is 11.5 Å². The van der Waals surface area contributed by atoms with E-state index in [1.54, 1.807) is 72.8 Å². The normalized spacial score (nSPS) is 11.3. The average Bonchev–Trinajstić information content (AvgIpc) is 3.01. The maximum Gasteiger partial charge on any atom is 0.323 e. The van der Waals surface area contributed by atoms with Crippen LogP contribution in [-0.4, -0.2) is 81.3 Å². The van der Waals surface area contributed by atoms with Gasteiger partial charge < -0.3 is 36.8 Å². The lowest BCUT2D eigenvalue weighted by molar-refractivity contribution is -0.154. The molecule has 0 aromatic heterocycles. The lowest BCUT2D eigenvalue weighted by atomic mass is 9.89. The van der Waals surface area contributed by atoms with E-state index in [1.165, 1.54) is 4.90 Å². The molecule has 0 fully saturated rings. The molecular weight excluding hydrogens is 592 g/mol. The van der Waals surface area contributed by atoms with Gasteiger partial charge in [0.05, 0.1) is 12.3 Å².